The molecule has 0 spiro atoms. The maximum absolute atomic E-state index is 12.3. The first-order chi connectivity index (χ1) is 27.2. The number of unbranched alkanes of at least 4 members (excludes halogenated alkanes) is 28. The predicted molar refractivity (Wildman–Crippen MR) is 244 cm³/mol. The summed E-state index contributed by atoms with van der Waals surface area (Å²) in [4.78, 5) is 12.3. The van der Waals surface area contributed by atoms with Gasteiger partial charge in [-0.25, -0.2) is 0 Å². The molecule has 320 valence electrons. The van der Waals surface area contributed by atoms with Crippen molar-refractivity contribution in [2.45, 2.75) is 251 Å². The highest BCUT2D eigenvalue weighted by Gasteiger charge is 2.17. The summed E-state index contributed by atoms with van der Waals surface area (Å²) < 4.78 is 0. The van der Waals surface area contributed by atoms with E-state index in [1.54, 1.807) is 6.08 Å². The molecule has 0 aliphatic heterocycles. The van der Waals surface area contributed by atoms with Gasteiger partial charge < -0.3 is 15.5 Å². The number of hydrogen-bond donors (Lipinski definition) is 3. The molecule has 0 bridgehead atoms. The van der Waals surface area contributed by atoms with E-state index in [4.69, 9.17) is 0 Å². The zero-order chi connectivity index (χ0) is 40.0. The summed E-state index contributed by atoms with van der Waals surface area (Å²) >= 11 is 0. The van der Waals surface area contributed by atoms with Crippen molar-refractivity contribution >= 4 is 5.91 Å². The third kappa shape index (κ3) is 43.1. The van der Waals surface area contributed by atoms with Crippen molar-refractivity contribution in [3.8, 4) is 0 Å². The number of nitrogens with one attached hydrogen (secondary N) is 1. The number of rotatable bonds is 43. The molecule has 0 saturated carbocycles. The number of aliphatic hydroxyl groups excluding tert-OH is 2. The molecule has 2 atom stereocenters. The highest BCUT2D eigenvalue weighted by molar-refractivity contribution is 5.76. The SMILES string of the molecule is CC/C=C\C/C=C\C/C=C\CCCCCC(=O)NC(CO)C(O)/C=C/CC/C=C/CCCCCCCCCCCCCCCCCCCCCCCCCC. The summed E-state index contributed by atoms with van der Waals surface area (Å²) in [5, 5.41) is 23.0. The maximum atomic E-state index is 12.3. The summed E-state index contributed by atoms with van der Waals surface area (Å²) in [6.07, 6.45) is 65.1. The Balaban J connectivity index is 3.54. The van der Waals surface area contributed by atoms with Crippen LogP contribution in [0, 0.1) is 0 Å². The van der Waals surface area contributed by atoms with E-state index >= 15 is 0 Å². The Labute approximate surface area is 343 Å². The smallest absolute Gasteiger partial charge is 0.220 e. The number of aliphatic hydroxyl groups is 2. The first-order valence-corrected chi connectivity index (χ1v) is 24.0. The van der Waals surface area contributed by atoms with Gasteiger partial charge in [0.25, 0.3) is 0 Å². The van der Waals surface area contributed by atoms with Gasteiger partial charge >= 0.3 is 0 Å². The molecule has 55 heavy (non-hydrogen) atoms. The average Bonchev–Trinajstić information content (AvgIpc) is 3.19. The Morgan fingerprint density at radius 3 is 1.27 bits per heavy atom. The second-order valence-corrected chi connectivity index (χ2v) is 16.1. The van der Waals surface area contributed by atoms with E-state index in [-0.39, 0.29) is 12.5 Å². The fraction of sp³-hybridized carbons (Fsp3) is 0.784. The molecule has 3 N–H and O–H groups in total. The Morgan fingerprint density at radius 2 is 0.818 bits per heavy atom. The molecule has 0 aromatic heterocycles. The number of hydrogen-bond acceptors (Lipinski definition) is 3. The van der Waals surface area contributed by atoms with Crippen molar-refractivity contribution in [2.75, 3.05) is 6.61 Å². The van der Waals surface area contributed by atoms with Crippen LogP contribution in [0.2, 0.25) is 0 Å². The van der Waals surface area contributed by atoms with Crippen molar-refractivity contribution < 1.29 is 15.0 Å². The number of amides is 1. The monoisotopic (exact) mass is 768 g/mol. The molecule has 4 heteroatoms. The van der Waals surface area contributed by atoms with Crippen LogP contribution >= 0.6 is 0 Å². The number of allylic oxidation sites excluding steroid dienone is 9. The van der Waals surface area contributed by atoms with Crippen LogP contribution in [0.4, 0.5) is 0 Å². The minimum atomic E-state index is -0.876. The molecule has 2 unspecified atom stereocenters. The molecule has 0 aromatic rings. The Morgan fingerprint density at radius 1 is 0.455 bits per heavy atom. The topological polar surface area (TPSA) is 69.6 Å². The summed E-state index contributed by atoms with van der Waals surface area (Å²) in [6.45, 7) is 4.17. The van der Waals surface area contributed by atoms with Gasteiger partial charge in [0.05, 0.1) is 18.8 Å². The fourth-order valence-corrected chi connectivity index (χ4v) is 7.09. The van der Waals surface area contributed by atoms with Crippen molar-refractivity contribution in [3.63, 3.8) is 0 Å². The summed E-state index contributed by atoms with van der Waals surface area (Å²) in [5.74, 6) is -0.104. The zero-order valence-electron chi connectivity index (χ0n) is 36.7. The van der Waals surface area contributed by atoms with E-state index in [0.29, 0.717) is 6.42 Å². The van der Waals surface area contributed by atoms with E-state index in [0.717, 1.165) is 64.2 Å². The minimum absolute atomic E-state index is 0.104. The van der Waals surface area contributed by atoms with Crippen LogP contribution in [0.5, 0.6) is 0 Å². The first kappa shape index (κ1) is 53.1. The lowest BCUT2D eigenvalue weighted by Gasteiger charge is -2.19. The normalized spacial score (nSPS) is 13.5. The van der Waals surface area contributed by atoms with E-state index < -0.39 is 12.1 Å². The van der Waals surface area contributed by atoms with Crippen LogP contribution < -0.4 is 5.32 Å². The first-order valence-electron chi connectivity index (χ1n) is 24.0. The summed E-state index contributed by atoms with van der Waals surface area (Å²) in [5.41, 5.74) is 0. The van der Waals surface area contributed by atoms with Crippen LogP contribution in [-0.4, -0.2) is 34.9 Å². The van der Waals surface area contributed by atoms with Gasteiger partial charge in [-0.1, -0.05) is 229 Å². The largest absolute Gasteiger partial charge is 0.394 e. The van der Waals surface area contributed by atoms with Gasteiger partial charge in [-0.3, -0.25) is 4.79 Å². The fourth-order valence-electron chi connectivity index (χ4n) is 7.09. The van der Waals surface area contributed by atoms with Crippen LogP contribution in [-0.2, 0) is 4.79 Å². The van der Waals surface area contributed by atoms with Gasteiger partial charge in [-0.2, -0.15) is 0 Å². The minimum Gasteiger partial charge on any atom is -0.394 e. The van der Waals surface area contributed by atoms with Crippen molar-refractivity contribution in [1.82, 2.24) is 5.32 Å². The Hall–Kier alpha value is -1.91. The van der Waals surface area contributed by atoms with Crippen molar-refractivity contribution in [2.24, 2.45) is 0 Å². The predicted octanol–water partition coefficient (Wildman–Crippen LogP) is 15.3. The molecule has 0 aliphatic carbocycles. The summed E-state index contributed by atoms with van der Waals surface area (Å²) in [6, 6.07) is -0.656. The van der Waals surface area contributed by atoms with Crippen LogP contribution in [0.15, 0.2) is 60.8 Å². The third-order valence-electron chi connectivity index (χ3n) is 10.7. The molecule has 0 aliphatic rings. The van der Waals surface area contributed by atoms with E-state index in [2.05, 4.69) is 67.8 Å². The Bertz CT molecular complexity index is 919. The Kier molecular flexibility index (Phi) is 44.9. The molecule has 4 nitrogen and oxygen atoms in total. The second kappa shape index (κ2) is 46.5. The summed E-state index contributed by atoms with van der Waals surface area (Å²) in [7, 11) is 0. The lowest BCUT2D eigenvalue weighted by molar-refractivity contribution is -0.123. The molecule has 1 amide bonds. The lowest BCUT2D eigenvalue weighted by atomic mass is 10.0. The van der Waals surface area contributed by atoms with Crippen LogP contribution in [0.25, 0.3) is 0 Å². The average molecular weight is 768 g/mol. The zero-order valence-corrected chi connectivity index (χ0v) is 36.7. The van der Waals surface area contributed by atoms with Gasteiger partial charge in [0.2, 0.25) is 5.91 Å². The highest BCUT2D eigenvalue weighted by atomic mass is 16.3. The van der Waals surface area contributed by atoms with Crippen molar-refractivity contribution in [3.05, 3.63) is 60.8 Å². The second-order valence-electron chi connectivity index (χ2n) is 16.1. The molecular weight excluding hydrogens is 675 g/mol. The molecule has 0 saturated heterocycles. The molecule has 0 rings (SSSR count). The van der Waals surface area contributed by atoms with Gasteiger partial charge in [0.1, 0.15) is 0 Å². The van der Waals surface area contributed by atoms with E-state index in [1.807, 2.05) is 6.08 Å². The van der Waals surface area contributed by atoms with E-state index in [1.165, 1.54) is 154 Å². The molecule has 0 radical (unpaired) electrons. The van der Waals surface area contributed by atoms with Crippen LogP contribution in [0.1, 0.15) is 239 Å². The van der Waals surface area contributed by atoms with Crippen molar-refractivity contribution in [1.29, 1.82) is 0 Å². The highest BCUT2D eigenvalue weighted by Crippen LogP contribution is 2.16. The molecular formula is C51H93NO3. The van der Waals surface area contributed by atoms with Gasteiger partial charge in [-0.05, 0) is 64.2 Å². The van der Waals surface area contributed by atoms with Gasteiger partial charge in [0.15, 0.2) is 0 Å². The maximum Gasteiger partial charge on any atom is 0.220 e. The molecule has 0 fully saturated rings. The quantitative estimate of drug-likeness (QED) is 0.0427. The number of carbonyl (C=O) groups excluding carboxylic acids is 1. The van der Waals surface area contributed by atoms with Crippen LogP contribution in [0.3, 0.4) is 0 Å². The molecule has 0 heterocycles. The number of carbonyl (C=O) groups is 1. The lowest BCUT2D eigenvalue weighted by Crippen LogP contribution is -2.45. The van der Waals surface area contributed by atoms with Gasteiger partial charge in [-0.15, -0.1) is 0 Å². The standard InChI is InChI=1S/C51H93NO3/c1-3-5-7-9-11-13-15-17-18-19-20-21-22-23-24-25-26-27-28-29-30-31-32-33-35-36-38-40-42-44-46-50(54)49(48-53)52-51(55)47-45-43-41-39-37-34-16-14-12-10-8-6-4-2/h6,8,12,14,34,36-38,44,46,49-50,53-54H,3-5,7,9-11,13,15-33,35,39-43,45,47-48H2,1-2H3,(H,52,55)/b8-6-,14-12-,37-34-,38-36+,46-44+. The van der Waals surface area contributed by atoms with E-state index in [9.17, 15) is 15.0 Å². The molecule has 0 aromatic carbocycles. The third-order valence-corrected chi connectivity index (χ3v) is 10.7. The van der Waals surface area contributed by atoms with Gasteiger partial charge in [0, 0.05) is 6.42 Å².